The van der Waals surface area contributed by atoms with E-state index in [1.807, 2.05) is 12.1 Å². The molecule has 1 fully saturated rings. The van der Waals surface area contributed by atoms with Gasteiger partial charge in [0, 0.05) is 38.1 Å². The van der Waals surface area contributed by atoms with Crippen molar-refractivity contribution in [2.24, 2.45) is 0 Å². The third kappa shape index (κ3) is 2.67. The second-order valence-corrected chi connectivity index (χ2v) is 4.37. The first-order chi connectivity index (χ1) is 9.86. The minimum atomic E-state index is 0.556. The number of pyridine rings is 1. The van der Waals surface area contributed by atoms with Crippen molar-refractivity contribution in [3.8, 4) is 11.4 Å². The third-order valence-corrected chi connectivity index (χ3v) is 3.06. The molecule has 0 aromatic carbocycles. The Balaban J connectivity index is 1.98. The highest BCUT2D eigenvalue weighted by atomic mass is 16.5. The molecular formula is C13H16N6O. The molecule has 0 amide bonds. The number of hydrogen-bond donors (Lipinski definition) is 1. The van der Waals surface area contributed by atoms with Crippen molar-refractivity contribution in [2.45, 2.75) is 0 Å². The van der Waals surface area contributed by atoms with Crippen LogP contribution in [-0.2, 0) is 4.74 Å². The predicted molar refractivity (Wildman–Crippen MR) is 75.6 cm³/mol. The van der Waals surface area contributed by atoms with Gasteiger partial charge in [-0.05, 0) is 12.1 Å². The van der Waals surface area contributed by atoms with Crippen molar-refractivity contribution in [2.75, 3.05) is 43.6 Å². The summed E-state index contributed by atoms with van der Waals surface area (Å²) >= 11 is 0. The molecule has 0 spiro atoms. The highest BCUT2D eigenvalue weighted by Crippen LogP contribution is 2.19. The van der Waals surface area contributed by atoms with Crippen molar-refractivity contribution < 1.29 is 4.74 Å². The summed E-state index contributed by atoms with van der Waals surface area (Å²) in [6, 6.07) is 3.80. The molecule has 0 unspecified atom stereocenters. The van der Waals surface area contributed by atoms with Gasteiger partial charge in [-0.15, -0.1) is 0 Å². The second-order valence-electron chi connectivity index (χ2n) is 4.37. The molecule has 0 radical (unpaired) electrons. The van der Waals surface area contributed by atoms with Crippen LogP contribution in [0.15, 0.2) is 24.5 Å². The summed E-state index contributed by atoms with van der Waals surface area (Å²) < 4.78 is 5.35. The van der Waals surface area contributed by atoms with Crippen LogP contribution in [0.2, 0.25) is 0 Å². The van der Waals surface area contributed by atoms with Crippen LogP contribution in [0.1, 0.15) is 0 Å². The average Bonchev–Trinajstić information content (AvgIpc) is 2.56. The number of rotatable bonds is 3. The Morgan fingerprint density at radius 3 is 2.75 bits per heavy atom. The monoisotopic (exact) mass is 272 g/mol. The molecule has 0 aliphatic carbocycles. The maximum absolute atomic E-state index is 5.35. The standard InChI is InChI=1S/C13H16N6O/c1-14-12-16-11(10-3-2-4-15-9-10)17-13(18-12)19-5-7-20-8-6-19/h2-4,9H,5-8H2,1H3,(H,14,16,17,18). The Hall–Kier alpha value is -2.28. The van der Waals surface area contributed by atoms with Crippen LogP contribution < -0.4 is 10.2 Å². The number of aromatic nitrogens is 4. The van der Waals surface area contributed by atoms with Crippen molar-refractivity contribution in [3.63, 3.8) is 0 Å². The van der Waals surface area contributed by atoms with Crippen LogP contribution in [-0.4, -0.2) is 53.3 Å². The number of nitrogens with one attached hydrogen (secondary N) is 1. The van der Waals surface area contributed by atoms with E-state index in [1.54, 1.807) is 19.4 Å². The maximum Gasteiger partial charge on any atom is 0.230 e. The van der Waals surface area contributed by atoms with Crippen molar-refractivity contribution >= 4 is 11.9 Å². The van der Waals surface area contributed by atoms with Gasteiger partial charge in [-0.1, -0.05) is 0 Å². The van der Waals surface area contributed by atoms with Crippen LogP contribution in [0, 0.1) is 0 Å². The molecule has 2 aromatic rings. The van der Waals surface area contributed by atoms with Gasteiger partial charge in [0.15, 0.2) is 5.82 Å². The summed E-state index contributed by atoms with van der Waals surface area (Å²) in [5, 5.41) is 2.98. The van der Waals surface area contributed by atoms with E-state index in [0.29, 0.717) is 30.9 Å². The zero-order valence-corrected chi connectivity index (χ0v) is 11.3. The SMILES string of the molecule is CNc1nc(-c2cccnc2)nc(N2CCOCC2)n1. The van der Waals surface area contributed by atoms with Gasteiger partial charge in [-0.3, -0.25) is 4.98 Å². The van der Waals surface area contributed by atoms with E-state index in [1.165, 1.54) is 0 Å². The Morgan fingerprint density at radius 1 is 1.20 bits per heavy atom. The molecule has 7 nitrogen and oxygen atoms in total. The maximum atomic E-state index is 5.35. The lowest BCUT2D eigenvalue weighted by atomic mass is 10.3. The topological polar surface area (TPSA) is 76.1 Å². The second kappa shape index (κ2) is 5.79. The van der Waals surface area contributed by atoms with Crippen molar-refractivity contribution in [1.82, 2.24) is 19.9 Å². The lowest BCUT2D eigenvalue weighted by Gasteiger charge is -2.27. The first kappa shape index (κ1) is 12.7. The van der Waals surface area contributed by atoms with Crippen LogP contribution in [0.3, 0.4) is 0 Å². The molecule has 1 saturated heterocycles. The normalized spacial score (nSPS) is 15.2. The van der Waals surface area contributed by atoms with Crippen molar-refractivity contribution in [1.29, 1.82) is 0 Å². The van der Waals surface area contributed by atoms with E-state index in [2.05, 4.69) is 30.2 Å². The highest BCUT2D eigenvalue weighted by molar-refractivity contribution is 5.57. The average molecular weight is 272 g/mol. The van der Waals surface area contributed by atoms with Crippen LogP contribution in [0.4, 0.5) is 11.9 Å². The summed E-state index contributed by atoms with van der Waals surface area (Å²) in [6.07, 6.45) is 3.48. The summed E-state index contributed by atoms with van der Waals surface area (Å²) in [4.78, 5) is 19.6. The summed E-state index contributed by atoms with van der Waals surface area (Å²) in [5.41, 5.74) is 0.876. The Labute approximate surface area is 117 Å². The fourth-order valence-electron chi connectivity index (χ4n) is 2.01. The molecule has 3 rings (SSSR count). The Morgan fingerprint density at radius 2 is 2.05 bits per heavy atom. The number of nitrogens with zero attached hydrogens (tertiary/aromatic N) is 5. The lowest BCUT2D eigenvalue weighted by Crippen LogP contribution is -2.37. The zero-order valence-electron chi connectivity index (χ0n) is 11.3. The molecular weight excluding hydrogens is 256 g/mol. The number of morpholine rings is 1. The first-order valence-electron chi connectivity index (χ1n) is 6.54. The largest absolute Gasteiger partial charge is 0.378 e. The van der Waals surface area contributed by atoms with Crippen LogP contribution in [0.5, 0.6) is 0 Å². The molecule has 20 heavy (non-hydrogen) atoms. The van der Waals surface area contributed by atoms with Gasteiger partial charge in [0.1, 0.15) is 0 Å². The fourth-order valence-corrected chi connectivity index (χ4v) is 2.01. The quantitative estimate of drug-likeness (QED) is 0.886. The van der Waals surface area contributed by atoms with E-state index in [9.17, 15) is 0 Å². The van der Waals surface area contributed by atoms with Gasteiger partial charge in [-0.2, -0.15) is 15.0 Å². The lowest BCUT2D eigenvalue weighted by molar-refractivity contribution is 0.122. The Kier molecular flexibility index (Phi) is 3.69. The van der Waals surface area contributed by atoms with Crippen molar-refractivity contribution in [3.05, 3.63) is 24.5 Å². The van der Waals surface area contributed by atoms with E-state index < -0.39 is 0 Å². The highest BCUT2D eigenvalue weighted by Gasteiger charge is 2.16. The third-order valence-electron chi connectivity index (χ3n) is 3.06. The molecule has 3 heterocycles. The smallest absolute Gasteiger partial charge is 0.230 e. The molecule has 1 aliphatic rings. The molecule has 7 heteroatoms. The van der Waals surface area contributed by atoms with Gasteiger partial charge >= 0.3 is 0 Å². The van der Waals surface area contributed by atoms with E-state index >= 15 is 0 Å². The van der Waals surface area contributed by atoms with E-state index in [4.69, 9.17) is 4.74 Å². The minimum Gasteiger partial charge on any atom is -0.378 e. The number of ether oxygens (including phenoxy) is 1. The zero-order chi connectivity index (χ0) is 13.8. The molecule has 104 valence electrons. The molecule has 0 bridgehead atoms. The van der Waals surface area contributed by atoms with Crippen LogP contribution >= 0.6 is 0 Å². The summed E-state index contributed by atoms with van der Waals surface area (Å²) in [5.74, 6) is 1.85. The minimum absolute atomic E-state index is 0.556. The fraction of sp³-hybridized carbons (Fsp3) is 0.385. The number of hydrogen-bond acceptors (Lipinski definition) is 7. The summed E-state index contributed by atoms with van der Waals surface area (Å²) in [7, 11) is 1.80. The molecule has 0 saturated carbocycles. The Bertz CT molecular complexity index is 570. The molecule has 1 N–H and O–H groups in total. The van der Waals surface area contributed by atoms with E-state index in [0.717, 1.165) is 18.7 Å². The molecule has 2 aromatic heterocycles. The van der Waals surface area contributed by atoms with E-state index in [-0.39, 0.29) is 0 Å². The summed E-state index contributed by atoms with van der Waals surface area (Å²) in [6.45, 7) is 2.98. The van der Waals surface area contributed by atoms with Gasteiger partial charge in [0.25, 0.3) is 0 Å². The molecule has 1 aliphatic heterocycles. The molecule has 0 atom stereocenters. The van der Waals surface area contributed by atoms with Gasteiger partial charge < -0.3 is 15.0 Å². The van der Waals surface area contributed by atoms with Gasteiger partial charge in [0.2, 0.25) is 11.9 Å². The van der Waals surface area contributed by atoms with Crippen LogP contribution in [0.25, 0.3) is 11.4 Å². The predicted octanol–water partition coefficient (Wildman–Crippen LogP) is 0.812. The van der Waals surface area contributed by atoms with Gasteiger partial charge in [-0.25, -0.2) is 0 Å². The number of anilines is 2. The first-order valence-corrected chi connectivity index (χ1v) is 6.54. The van der Waals surface area contributed by atoms with Gasteiger partial charge in [0.05, 0.1) is 13.2 Å².